The maximum Gasteiger partial charge on any atom is 0.269 e. The maximum atomic E-state index is 10.4. The van der Waals surface area contributed by atoms with Crippen LogP contribution in [0.4, 0.5) is 5.69 Å². The first kappa shape index (κ1) is 32.4. The first-order valence-corrected chi connectivity index (χ1v) is 7.13. The van der Waals surface area contributed by atoms with Gasteiger partial charge in [0.25, 0.3) is 5.69 Å². The monoisotopic (exact) mass is 571 g/mol. The van der Waals surface area contributed by atoms with Crippen LogP contribution in [-0.4, -0.2) is 10.2 Å². The quantitative estimate of drug-likeness (QED) is 0.0582. The molecule has 37 heavy (non-hydrogen) atoms. The fraction of sp³-hybridized carbons (Fsp3) is 0. The molecule has 0 unspecified atom stereocenters. The van der Waals surface area contributed by atoms with Gasteiger partial charge in [0.1, 0.15) is 0 Å². The summed E-state index contributed by atoms with van der Waals surface area (Å²) in [6.45, 7) is 0. The van der Waals surface area contributed by atoms with Crippen LogP contribution in [0.3, 0.4) is 0 Å². The minimum atomic E-state index is -0.633. The Kier molecular flexibility index (Phi) is 21.9. The van der Waals surface area contributed by atoms with E-state index in [-0.39, 0.29) is 11.4 Å². The Morgan fingerprint density at radius 1 is 0.459 bits per heavy atom. The molecule has 0 saturated heterocycles. The lowest BCUT2D eigenvalue weighted by Gasteiger charge is -2.01. The summed E-state index contributed by atoms with van der Waals surface area (Å²) in [5.41, 5.74) is -0.194. The Hall–Kier alpha value is -2.66. The highest BCUT2D eigenvalue weighted by Gasteiger charge is 2.06. The maximum absolute atomic E-state index is 10.4. The van der Waals surface area contributed by atoms with Crippen LogP contribution < -0.4 is 4.89 Å². The zero-order valence-electron chi connectivity index (χ0n) is 16.0. The van der Waals surface area contributed by atoms with Crippen molar-refractivity contribution in [2.45, 2.75) is 0 Å². The third kappa shape index (κ3) is 21.2. The normalized spacial score (nSPS) is 11.2. The summed E-state index contributed by atoms with van der Waals surface area (Å²) in [5.74, 6) is -0.00691. The van der Waals surface area contributed by atoms with Gasteiger partial charge in [0, 0.05) is 103 Å². The van der Waals surface area contributed by atoms with Crippen molar-refractivity contribution in [3.05, 3.63) is 34.4 Å². The number of rotatable bonds is 28. The van der Waals surface area contributed by atoms with Crippen molar-refractivity contribution >= 4 is 5.69 Å². The van der Waals surface area contributed by atoms with E-state index in [0.717, 1.165) is 12.1 Å². The van der Waals surface area contributed by atoms with E-state index in [1.165, 1.54) is 12.1 Å². The molecule has 1 aromatic rings. The summed E-state index contributed by atoms with van der Waals surface area (Å²) < 4.78 is 0. The van der Waals surface area contributed by atoms with Gasteiger partial charge >= 0.3 is 0 Å². The molecule has 0 heterocycles. The van der Waals surface area contributed by atoms with Crippen LogP contribution in [0.25, 0.3) is 0 Å². The van der Waals surface area contributed by atoms with E-state index in [0.29, 0.717) is 0 Å². The molecule has 0 atom stereocenters. The smallest absolute Gasteiger partial charge is 0.269 e. The van der Waals surface area contributed by atoms with E-state index in [1.54, 1.807) is 0 Å². The van der Waals surface area contributed by atoms with Gasteiger partial charge in [-0.05, 0) is 52.4 Å². The molecule has 1 rings (SSSR count). The average molecular weight is 571 g/mol. The molecule has 0 aliphatic rings. The second-order valence-corrected chi connectivity index (χ2v) is 3.61. The molecule has 0 fully saturated rings. The summed E-state index contributed by atoms with van der Waals surface area (Å²) in [5, 5.41) is 109. The first-order valence-electron chi connectivity index (χ1n) is 7.13. The Morgan fingerprint density at radius 2 is 0.730 bits per heavy atom. The molecule has 31 nitrogen and oxygen atoms in total. The molecule has 0 spiro atoms. The molecule has 0 saturated carbocycles. The minimum absolute atomic E-state index is 0.00691. The summed E-state index contributed by atoms with van der Waals surface area (Å²) in [7, 11) is 0. The number of non-ortho nitro benzene ring substituents is 1. The number of nitro benzene ring substituents is 1. The average Bonchev–Trinajstić information content (AvgIpc) is 2.91. The van der Waals surface area contributed by atoms with Crippen molar-refractivity contribution in [3.63, 3.8) is 0 Å². The van der Waals surface area contributed by atoms with Gasteiger partial charge in [-0.2, -0.15) is 0 Å². The molecule has 0 radical (unpaired) electrons. The van der Waals surface area contributed by atoms with Crippen LogP contribution in [0.15, 0.2) is 24.3 Å². The molecular weight excluding hydrogens is 566 g/mol. The van der Waals surface area contributed by atoms with Crippen LogP contribution >= 0.6 is 0 Å². The van der Waals surface area contributed by atoms with E-state index in [9.17, 15) is 10.1 Å². The Morgan fingerprint density at radius 3 is 1.00 bits per heavy atom. The number of hydrogen-bond acceptors (Lipinski definition) is 30. The molecule has 0 amide bonds. The Labute approximate surface area is 193 Å². The molecule has 214 valence electrons. The van der Waals surface area contributed by atoms with Gasteiger partial charge in [0.2, 0.25) is 0 Å². The van der Waals surface area contributed by atoms with Gasteiger partial charge in [0.05, 0.1) is 4.92 Å². The van der Waals surface area contributed by atoms with Gasteiger partial charge in [-0.25, -0.2) is 5.26 Å². The lowest BCUT2D eigenvalue weighted by Crippen LogP contribution is -2.06. The lowest BCUT2D eigenvalue weighted by molar-refractivity contribution is -0.903. The standard InChI is InChI=1S/C6H5NO30/c8-7(9)5-1-3-6(4-2-5)11-13-15-17-19-21-23-25-27-29-31-33-35-37-36-34-32-30-28-26-24-22-20-18-16-14-12-10/h1-4,10H. The number of benzene rings is 1. The zero-order valence-corrected chi connectivity index (χ0v) is 16.0. The van der Waals surface area contributed by atoms with Crippen molar-refractivity contribution in [1.29, 1.82) is 0 Å². The van der Waals surface area contributed by atoms with Crippen LogP contribution in [-0.2, 0) is 131 Å². The molecule has 0 bridgehead atoms. The van der Waals surface area contributed by atoms with Crippen LogP contribution in [0, 0.1) is 10.1 Å². The van der Waals surface area contributed by atoms with E-state index in [4.69, 9.17) is 5.26 Å². The summed E-state index contributed by atoms with van der Waals surface area (Å²) in [4.78, 5) is 14.3. The highest BCUT2D eigenvalue weighted by Crippen LogP contribution is 2.17. The van der Waals surface area contributed by atoms with Crippen LogP contribution in [0.5, 0.6) is 5.75 Å². The molecule has 31 heteroatoms. The molecule has 1 N–H and O–H groups in total. The van der Waals surface area contributed by atoms with E-state index < -0.39 is 4.92 Å². The predicted octanol–water partition coefficient (Wildman–Crippen LogP) is -0.332. The molecule has 0 aliphatic heterocycles. The SMILES string of the molecule is O=[N+]([O-])c1ccc(OOOOOOOOOOOOOOOOOOOOOOOOOOOO)cc1. The molecular formula is C6H5NO30. The van der Waals surface area contributed by atoms with Gasteiger partial charge in [-0.3, -0.25) is 10.1 Å². The van der Waals surface area contributed by atoms with E-state index >= 15 is 0 Å². The molecule has 0 aliphatic carbocycles. The van der Waals surface area contributed by atoms with Crippen molar-refractivity contribution in [3.8, 4) is 5.75 Å². The largest absolute Gasteiger partial charge is 0.306 e. The highest BCUT2D eigenvalue weighted by atomic mass is 18.0. The number of nitro groups is 1. The third-order valence-corrected chi connectivity index (χ3v) is 1.87. The van der Waals surface area contributed by atoms with Gasteiger partial charge in [-0.15, -0.1) is 0 Å². The van der Waals surface area contributed by atoms with Crippen molar-refractivity contribution < 1.29 is 146 Å². The van der Waals surface area contributed by atoms with Gasteiger partial charge in [-0.1, -0.05) is 0 Å². The Bertz CT molecular complexity index is 625. The Balaban J connectivity index is 1.69. The van der Waals surface area contributed by atoms with Crippen molar-refractivity contribution in [1.82, 2.24) is 0 Å². The van der Waals surface area contributed by atoms with Crippen molar-refractivity contribution in [2.24, 2.45) is 0 Å². The fourth-order valence-electron chi connectivity index (χ4n) is 0.950. The topological polar surface area (TPSA) is 313 Å². The lowest BCUT2D eigenvalue weighted by atomic mass is 10.3. The summed E-state index contributed by atoms with van der Waals surface area (Å²) >= 11 is 0. The fourth-order valence-corrected chi connectivity index (χ4v) is 0.950. The van der Waals surface area contributed by atoms with E-state index in [2.05, 4.69) is 136 Å². The van der Waals surface area contributed by atoms with Gasteiger partial charge in [0.15, 0.2) is 5.75 Å². The van der Waals surface area contributed by atoms with Crippen LogP contribution in [0.1, 0.15) is 0 Å². The second-order valence-electron chi connectivity index (χ2n) is 3.61. The van der Waals surface area contributed by atoms with Crippen LogP contribution in [0.2, 0.25) is 0 Å². The molecule has 1 aromatic carbocycles. The highest BCUT2D eigenvalue weighted by molar-refractivity contribution is 5.35. The number of nitrogens with zero attached hydrogens (tertiary/aromatic N) is 1. The first-order chi connectivity index (χ1) is 18.2. The van der Waals surface area contributed by atoms with Crippen molar-refractivity contribution in [2.75, 3.05) is 0 Å². The predicted molar refractivity (Wildman–Crippen MR) is 64.6 cm³/mol. The summed E-state index contributed by atoms with van der Waals surface area (Å²) in [6.07, 6.45) is 0. The second kappa shape index (κ2) is 25.0. The van der Waals surface area contributed by atoms with Gasteiger partial charge < -0.3 is 4.89 Å². The summed E-state index contributed by atoms with van der Waals surface area (Å²) in [6, 6.07) is 4.58. The third-order valence-electron chi connectivity index (χ3n) is 1.87. The minimum Gasteiger partial charge on any atom is -0.306 e. The zero-order chi connectivity index (χ0) is 26.7. The molecule has 0 aromatic heterocycles. The van der Waals surface area contributed by atoms with E-state index in [1.807, 2.05) is 0 Å². The number of hydrogen-bond donors (Lipinski definition) is 1.